The van der Waals surface area contributed by atoms with Crippen molar-refractivity contribution in [3.8, 4) is 0 Å². The maximum Gasteiger partial charge on any atom is 0.185 e. The highest BCUT2D eigenvalue weighted by Crippen LogP contribution is 2.26. The van der Waals surface area contributed by atoms with Gasteiger partial charge in [0.15, 0.2) is 15.8 Å². The second-order valence-corrected chi connectivity index (χ2v) is 9.12. The van der Waals surface area contributed by atoms with Crippen molar-refractivity contribution in [3.63, 3.8) is 0 Å². The second kappa shape index (κ2) is 10.3. The summed E-state index contributed by atoms with van der Waals surface area (Å²) in [7, 11) is -3.37. The molecule has 0 aromatic heterocycles. The number of hydrogen-bond donors (Lipinski definition) is 2. The lowest BCUT2D eigenvalue weighted by molar-refractivity contribution is 0.550. The van der Waals surface area contributed by atoms with Crippen LogP contribution in [-0.2, 0) is 9.84 Å². The molecular weight excluding hydrogens is 322 g/mol. The Balaban J connectivity index is 4.74. The van der Waals surface area contributed by atoms with E-state index >= 15 is 0 Å². The lowest BCUT2D eigenvalue weighted by Gasteiger charge is -2.25. The number of nitrogens with zero attached hydrogens (tertiary/aromatic N) is 1. The number of aliphatic imine (C=N–C) groups is 1. The van der Waals surface area contributed by atoms with Gasteiger partial charge in [-0.3, -0.25) is 4.99 Å². The van der Waals surface area contributed by atoms with Crippen molar-refractivity contribution >= 4 is 15.8 Å². The number of sulfone groups is 1. The molecule has 0 fully saturated rings. The van der Waals surface area contributed by atoms with E-state index in [9.17, 15) is 8.42 Å². The van der Waals surface area contributed by atoms with Crippen molar-refractivity contribution in [2.75, 3.05) is 12.3 Å². The van der Waals surface area contributed by atoms with Crippen LogP contribution in [0.2, 0.25) is 0 Å². The zero-order chi connectivity index (χ0) is 18.8. The molecule has 0 aliphatic heterocycles. The number of nitrogens with two attached hydrogens (primary N) is 2. The number of guanidine groups is 1. The van der Waals surface area contributed by atoms with E-state index in [1.807, 2.05) is 0 Å². The highest BCUT2D eigenvalue weighted by atomic mass is 32.2. The smallest absolute Gasteiger partial charge is 0.185 e. The molecule has 0 bridgehead atoms. The summed E-state index contributed by atoms with van der Waals surface area (Å²) in [6, 6.07) is 0. The molecule has 24 heavy (non-hydrogen) atoms. The third kappa shape index (κ3) is 8.34. The Bertz CT molecular complexity index is 596. The van der Waals surface area contributed by atoms with E-state index in [2.05, 4.69) is 44.5 Å². The van der Waals surface area contributed by atoms with Crippen LogP contribution in [0.1, 0.15) is 53.4 Å². The molecule has 0 rings (SSSR count). The minimum atomic E-state index is -3.37. The van der Waals surface area contributed by atoms with Gasteiger partial charge in [-0.25, -0.2) is 8.42 Å². The van der Waals surface area contributed by atoms with Crippen LogP contribution in [0.3, 0.4) is 0 Å². The van der Waals surface area contributed by atoms with Gasteiger partial charge in [0.1, 0.15) is 0 Å². The van der Waals surface area contributed by atoms with Crippen LogP contribution in [0.4, 0.5) is 0 Å². The molecule has 0 aromatic carbocycles. The zero-order valence-corrected chi connectivity index (χ0v) is 16.3. The lowest BCUT2D eigenvalue weighted by atomic mass is 10.0. The molecule has 0 heterocycles. The van der Waals surface area contributed by atoms with Crippen LogP contribution >= 0.6 is 0 Å². The van der Waals surface area contributed by atoms with Crippen molar-refractivity contribution in [1.29, 1.82) is 0 Å². The van der Waals surface area contributed by atoms with Gasteiger partial charge in [-0.2, -0.15) is 0 Å². The molecule has 0 amide bonds. The van der Waals surface area contributed by atoms with Crippen molar-refractivity contribution in [2.45, 2.75) is 58.1 Å². The summed E-state index contributed by atoms with van der Waals surface area (Å²) in [5.41, 5.74) is 13.1. The predicted molar refractivity (Wildman–Crippen MR) is 105 cm³/mol. The van der Waals surface area contributed by atoms with Crippen molar-refractivity contribution in [3.05, 3.63) is 36.0 Å². The fourth-order valence-electron chi connectivity index (χ4n) is 2.21. The standard InChI is InChI=1S/C18H33N3O2S/c1-6-18(5,24(22,23)14-13-21-17(19)20)12-8-11-16(4)10-7-9-15(2)3/h6,9,11H,1,7-8,10,12-14H2,2-5H3,(H4,19,20,21). The predicted octanol–water partition coefficient (Wildman–Crippen LogP) is 3.09. The molecule has 0 aromatic rings. The summed E-state index contributed by atoms with van der Waals surface area (Å²) in [4.78, 5) is 3.76. The van der Waals surface area contributed by atoms with Crippen LogP contribution in [0.15, 0.2) is 40.9 Å². The molecule has 0 spiro atoms. The first-order valence-corrected chi connectivity index (χ1v) is 9.89. The maximum absolute atomic E-state index is 12.5. The van der Waals surface area contributed by atoms with Crippen LogP contribution < -0.4 is 11.5 Å². The van der Waals surface area contributed by atoms with E-state index in [1.54, 1.807) is 6.92 Å². The van der Waals surface area contributed by atoms with Gasteiger partial charge in [0.2, 0.25) is 0 Å². The molecule has 5 nitrogen and oxygen atoms in total. The molecule has 4 N–H and O–H groups in total. The molecule has 1 atom stereocenters. The topological polar surface area (TPSA) is 98.5 Å². The number of rotatable bonds is 11. The summed E-state index contributed by atoms with van der Waals surface area (Å²) in [6.07, 6.45) is 9.05. The van der Waals surface area contributed by atoms with Gasteiger partial charge in [-0.1, -0.05) is 29.4 Å². The molecule has 6 heteroatoms. The van der Waals surface area contributed by atoms with Crippen molar-refractivity contribution < 1.29 is 8.42 Å². The monoisotopic (exact) mass is 355 g/mol. The molecule has 0 radical (unpaired) electrons. The fourth-order valence-corrected chi connectivity index (χ4v) is 3.69. The van der Waals surface area contributed by atoms with Gasteiger partial charge >= 0.3 is 0 Å². The van der Waals surface area contributed by atoms with Gasteiger partial charge in [-0.15, -0.1) is 6.58 Å². The quantitative estimate of drug-likeness (QED) is 0.338. The Morgan fingerprint density at radius 3 is 2.29 bits per heavy atom. The van der Waals surface area contributed by atoms with Gasteiger partial charge in [0.25, 0.3) is 0 Å². The summed E-state index contributed by atoms with van der Waals surface area (Å²) < 4.78 is 24.1. The summed E-state index contributed by atoms with van der Waals surface area (Å²) in [5.74, 6) is -0.183. The minimum Gasteiger partial charge on any atom is -0.370 e. The number of allylic oxidation sites excluding steroid dienone is 4. The Morgan fingerprint density at radius 2 is 1.79 bits per heavy atom. The molecule has 0 saturated heterocycles. The summed E-state index contributed by atoms with van der Waals surface area (Å²) >= 11 is 0. The van der Waals surface area contributed by atoms with Gasteiger partial charge < -0.3 is 11.5 Å². The van der Waals surface area contributed by atoms with Gasteiger partial charge in [0, 0.05) is 0 Å². The summed E-state index contributed by atoms with van der Waals surface area (Å²) in [6.45, 7) is 11.7. The molecule has 0 aliphatic carbocycles. The first-order valence-electron chi connectivity index (χ1n) is 8.24. The van der Waals surface area contributed by atoms with E-state index in [1.165, 1.54) is 17.2 Å². The van der Waals surface area contributed by atoms with Crippen LogP contribution in [0.25, 0.3) is 0 Å². The molecule has 138 valence electrons. The van der Waals surface area contributed by atoms with E-state index in [-0.39, 0.29) is 18.3 Å². The van der Waals surface area contributed by atoms with E-state index < -0.39 is 14.6 Å². The first kappa shape index (κ1) is 22.4. The fraction of sp³-hybridized carbons (Fsp3) is 0.611. The maximum atomic E-state index is 12.5. The first-order chi connectivity index (χ1) is 11.0. The molecule has 0 saturated carbocycles. The largest absolute Gasteiger partial charge is 0.370 e. The Hall–Kier alpha value is -1.56. The van der Waals surface area contributed by atoms with E-state index in [0.29, 0.717) is 12.8 Å². The van der Waals surface area contributed by atoms with Crippen LogP contribution in [-0.4, -0.2) is 31.4 Å². The SMILES string of the molecule is C=CC(C)(CCC=C(C)CCC=C(C)C)S(=O)(=O)CCN=C(N)N. The van der Waals surface area contributed by atoms with Crippen molar-refractivity contribution in [2.24, 2.45) is 16.5 Å². The van der Waals surface area contributed by atoms with Crippen LogP contribution in [0.5, 0.6) is 0 Å². The molecule has 0 aliphatic rings. The minimum absolute atomic E-state index is 0.0751. The second-order valence-electron chi connectivity index (χ2n) is 6.55. The molecule has 1 unspecified atom stereocenters. The Kier molecular flexibility index (Phi) is 9.66. The average molecular weight is 356 g/mol. The zero-order valence-electron chi connectivity index (χ0n) is 15.5. The van der Waals surface area contributed by atoms with Gasteiger partial charge in [-0.05, 0) is 53.4 Å². The normalized spacial score (nSPS) is 14.6. The highest BCUT2D eigenvalue weighted by Gasteiger charge is 2.34. The highest BCUT2D eigenvalue weighted by molar-refractivity contribution is 7.93. The Morgan fingerprint density at radius 1 is 1.17 bits per heavy atom. The van der Waals surface area contributed by atoms with E-state index in [0.717, 1.165) is 12.8 Å². The van der Waals surface area contributed by atoms with Crippen molar-refractivity contribution in [1.82, 2.24) is 0 Å². The number of hydrogen-bond acceptors (Lipinski definition) is 3. The van der Waals surface area contributed by atoms with Crippen LogP contribution in [0, 0.1) is 0 Å². The third-order valence-corrected chi connectivity index (χ3v) is 6.53. The molecular formula is C18H33N3O2S. The van der Waals surface area contributed by atoms with Gasteiger partial charge in [0.05, 0.1) is 17.0 Å². The third-order valence-electron chi connectivity index (χ3n) is 4.02. The summed E-state index contributed by atoms with van der Waals surface area (Å²) in [5, 5.41) is 0. The lowest BCUT2D eigenvalue weighted by Crippen LogP contribution is -2.36. The van der Waals surface area contributed by atoms with E-state index in [4.69, 9.17) is 11.5 Å². The average Bonchev–Trinajstić information content (AvgIpc) is 2.45. The Labute approximate surface area is 147 Å².